The number of aryl methyl sites for hydroxylation is 1. The molecule has 0 aromatic heterocycles. The summed E-state index contributed by atoms with van der Waals surface area (Å²) in [4.78, 5) is 24.3. The molecule has 114 valence electrons. The average Bonchev–Trinajstić information content (AvgIpc) is 2.49. The van der Waals surface area contributed by atoms with Gasteiger partial charge in [-0.15, -0.1) is 0 Å². The zero-order chi connectivity index (χ0) is 16.3. The maximum absolute atomic E-state index is 13.2. The first kappa shape index (κ1) is 16.4. The lowest BCUT2D eigenvalue weighted by atomic mass is 10.1. The second-order valence-electron chi connectivity index (χ2n) is 4.90. The van der Waals surface area contributed by atoms with Crippen LogP contribution in [0.5, 0.6) is 0 Å². The van der Waals surface area contributed by atoms with Crippen LogP contribution >= 0.6 is 15.9 Å². The number of carbonyl (C=O) groups excluding carboxylic acids is 2. The van der Waals surface area contributed by atoms with Gasteiger partial charge in [-0.1, -0.05) is 29.8 Å². The fraction of sp³-hybridized carbons (Fsp3) is 0.176. The second-order valence-corrected chi connectivity index (χ2v) is 5.76. The first-order valence-electron chi connectivity index (χ1n) is 6.65. The largest absolute Gasteiger partial charge is 0.451 e. The molecule has 0 aliphatic heterocycles. The molecular formula is C17H14BrFO3. The van der Waals surface area contributed by atoms with Gasteiger partial charge in [0.2, 0.25) is 5.78 Å². The van der Waals surface area contributed by atoms with E-state index in [1.807, 2.05) is 19.1 Å². The highest BCUT2D eigenvalue weighted by Gasteiger charge is 2.21. The summed E-state index contributed by atoms with van der Waals surface area (Å²) in [7, 11) is 0. The van der Waals surface area contributed by atoms with Crippen LogP contribution in [-0.4, -0.2) is 17.9 Å². The first-order valence-corrected chi connectivity index (χ1v) is 7.44. The van der Waals surface area contributed by atoms with Gasteiger partial charge in [-0.05, 0) is 48.0 Å². The summed E-state index contributed by atoms with van der Waals surface area (Å²) >= 11 is 3.16. The number of rotatable bonds is 4. The maximum Gasteiger partial charge on any atom is 0.340 e. The molecule has 0 heterocycles. The zero-order valence-electron chi connectivity index (χ0n) is 12.1. The van der Waals surface area contributed by atoms with Crippen LogP contribution in [0, 0.1) is 12.7 Å². The fourth-order valence-electron chi connectivity index (χ4n) is 1.88. The molecule has 22 heavy (non-hydrogen) atoms. The molecule has 0 saturated carbocycles. The van der Waals surface area contributed by atoms with Gasteiger partial charge in [0.25, 0.3) is 0 Å². The molecule has 0 radical (unpaired) electrons. The number of ketones is 1. The summed E-state index contributed by atoms with van der Waals surface area (Å²) in [5.41, 5.74) is 1.54. The highest BCUT2D eigenvalue weighted by atomic mass is 79.9. The highest BCUT2D eigenvalue weighted by molar-refractivity contribution is 9.10. The number of hydrogen-bond donors (Lipinski definition) is 0. The van der Waals surface area contributed by atoms with Crippen molar-refractivity contribution >= 4 is 27.7 Å². The van der Waals surface area contributed by atoms with Crippen LogP contribution in [0.2, 0.25) is 0 Å². The SMILES string of the molecule is Cc1ccc(C(=O)[C@@H](C)OC(=O)c2cc(F)ccc2Br)cc1. The second kappa shape index (κ2) is 6.83. The van der Waals surface area contributed by atoms with E-state index < -0.39 is 17.9 Å². The molecular weight excluding hydrogens is 351 g/mol. The Morgan fingerprint density at radius 3 is 2.41 bits per heavy atom. The van der Waals surface area contributed by atoms with Crippen molar-refractivity contribution in [1.82, 2.24) is 0 Å². The lowest BCUT2D eigenvalue weighted by Crippen LogP contribution is -2.24. The van der Waals surface area contributed by atoms with Crippen LogP contribution in [-0.2, 0) is 4.74 Å². The predicted molar refractivity (Wildman–Crippen MR) is 84.5 cm³/mol. The van der Waals surface area contributed by atoms with E-state index in [1.54, 1.807) is 12.1 Å². The van der Waals surface area contributed by atoms with Crippen LogP contribution < -0.4 is 0 Å². The Kier molecular flexibility index (Phi) is 5.08. The van der Waals surface area contributed by atoms with Crippen molar-refractivity contribution in [2.75, 3.05) is 0 Å². The quantitative estimate of drug-likeness (QED) is 0.599. The van der Waals surface area contributed by atoms with Crippen LogP contribution in [0.1, 0.15) is 33.2 Å². The van der Waals surface area contributed by atoms with Gasteiger partial charge in [-0.3, -0.25) is 4.79 Å². The Hall–Kier alpha value is -2.01. The lowest BCUT2D eigenvalue weighted by molar-refractivity contribution is 0.0317. The molecule has 0 unspecified atom stereocenters. The average molecular weight is 365 g/mol. The molecule has 0 bridgehead atoms. The molecule has 0 aliphatic carbocycles. The van der Waals surface area contributed by atoms with Gasteiger partial charge in [0, 0.05) is 10.0 Å². The minimum absolute atomic E-state index is 0.0450. The van der Waals surface area contributed by atoms with E-state index >= 15 is 0 Å². The Morgan fingerprint density at radius 2 is 1.77 bits per heavy atom. The maximum atomic E-state index is 13.2. The van der Waals surface area contributed by atoms with Gasteiger partial charge in [0.05, 0.1) is 5.56 Å². The molecule has 0 aliphatic rings. The summed E-state index contributed by atoms with van der Waals surface area (Å²) in [5, 5.41) is 0. The van der Waals surface area contributed by atoms with Gasteiger partial charge < -0.3 is 4.74 Å². The summed E-state index contributed by atoms with van der Waals surface area (Å²) in [6, 6.07) is 10.7. The van der Waals surface area contributed by atoms with Crippen LogP contribution in [0.15, 0.2) is 46.9 Å². The number of hydrogen-bond acceptors (Lipinski definition) is 3. The van der Waals surface area contributed by atoms with E-state index in [2.05, 4.69) is 15.9 Å². The van der Waals surface area contributed by atoms with E-state index in [0.717, 1.165) is 11.6 Å². The molecule has 5 heteroatoms. The van der Waals surface area contributed by atoms with E-state index in [4.69, 9.17) is 4.74 Å². The van der Waals surface area contributed by atoms with Gasteiger partial charge in [0.1, 0.15) is 5.82 Å². The number of halogens is 2. The van der Waals surface area contributed by atoms with Crippen molar-refractivity contribution in [3.8, 4) is 0 Å². The first-order chi connectivity index (χ1) is 10.4. The smallest absolute Gasteiger partial charge is 0.340 e. The highest BCUT2D eigenvalue weighted by Crippen LogP contribution is 2.20. The van der Waals surface area contributed by atoms with Crippen LogP contribution in [0.3, 0.4) is 0 Å². The molecule has 2 aromatic rings. The van der Waals surface area contributed by atoms with Crippen molar-refractivity contribution in [2.45, 2.75) is 20.0 Å². The monoisotopic (exact) mass is 364 g/mol. The number of benzene rings is 2. The predicted octanol–water partition coefficient (Wildman–Crippen LogP) is 4.32. The third kappa shape index (κ3) is 3.80. The third-order valence-corrected chi connectivity index (χ3v) is 3.83. The number of esters is 1. The van der Waals surface area contributed by atoms with E-state index in [0.29, 0.717) is 10.0 Å². The Bertz CT molecular complexity index is 710. The Balaban J connectivity index is 2.12. The van der Waals surface area contributed by atoms with Crippen molar-refractivity contribution in [3.63, 3.8) is 0 Å². The van der Waals surface area contributed by atoms with Crippen LogP contribution in [0.4, 0.5) is 4.39 Å². The van der Waals surface area contributed by atoms with Crippen molar-refractivity contribution in [2.24, 2.45) is 0 Å². The third-order valence-electron chi connectivity index (χ3n) is 3.14. The number of ether oxygens (including phenoxy) is 1. The number of Topliss-reactive ketones (excluding diaryl/α,β-unsaturated/α-hetero) is 1. The molecule has 1 atom stereocenters. The van der Waals surface area contributed by atoms with Crippen molar-refractivity contribution in [3.05, 3.63) is 69.4 Å². The minimum Gasteiger partial charge on any atom is -0.451 e. The molecule has 0 fully saturated rings. The fourth-order valence-corrected chi connectivity index (χ4v) is 2.29. The topological polar surface area (TPSA) is 43.4 Å². The molecule has 2 rings (SSSR count). The molecule has 2 aromatic carbocycles. The van der Waals surface area contributed by atoms with Gasteiger partial charge in [-0.2, -0.15) is 0 Å². The van der Waals surface area contributed by atoms with E-state index in [1.165, 1.54) is 19.1 Å². The lowest BCUT2D eigenvalue weighted by Gasteiger charge is -2.13. The standard InChI is InChI=1S/C17H14BrFO3/c1-10-3-5-12(6-4-10)16(20)11(2)22-17(21)14-9-13(19)7-8-15(14)18/h3-9,11H,1-2H3/t11-/m1/s1. The van der Waals surface area contributed by atoms with Gasteiger partial charge in [0.15, 0.2) is 6.10 Å². The molecule has 0 amide bonds. The molecule has 0 spiro atoms. The Labute approximate surface area is 136 Å². The number of carbonyl (C=O) groups is 2. The Morgan fingerprint density at radius 1 is 1.14 bits per heavy atom. The molecule has 0 N–H and O–H groups in total. The van der Waals surface area contributed by atoms with E-state index in [9.17, 15) is 14.0 Å². The summed E-state index contributed by atoms with van der Waals surface area (Å²) in [5.74, 6) is -1.60. The summed E-state index contributed by atoms with van der Waals surface area (Å²) in [6.45, 7) is 3.41. The zero-order valence-corrected chi connectivity index (χ0v) is 13.7. The van der Waals surface area contributed by atoms with Gasteiger partial charge >= 0.3 is 5.97 Å². The summed E-state index contributed by atoms with van der Waals surface area (Å²) < 4.78 is 18.8. The minimum atomic E-state index is -0.953. The molecule has 0 saturated heterocycles. The van der Waals surface area contributed by atoms with Crippen molar-refractivity contribution < 1.29 is 18.7 Å². The van der Waals surface area contributed by atoms with Crippen molar-refractivity contribution in [1.29, 1.82) is 0 Å². The normalized spacial score (nSPS) is 11.8. The van der Waals surface area contributed by atoms with Gasteiger partial charge in [-0.25, -0.2) is 9.18 Å². The van der Waals surface area contributed by atoms with E-state index in [-0.39, 0.29) is 11.3 Å². The summed E-state index contributed by atoms with van der Waals surface area (Å²) in [6.07, 6.45) is -0.953. The molecule has 3 nitrogen and oxygen atoms in total. The van der Waals surface area contributed by atoms with Crippen LogP contribution in [0.25, 0.3) is 0 Å².